The van der Waals surface area contributed by atoms with E-state index in [9.17, 15) is 0 Å². The van der Waals surface area contributed by atoms with Gasteiger partial charge in [-0.2, -0.15) is 0 Å². The number of ether oxygens (including phenoxy) is 1. The molecular formula is C14H23BrN2O. The Balaban J connectivity index is 2.78. The van der Waals surface area contributed by atoms with Crippen LogP contribution in [0.2, 0.25) is 0 Å². The van der Waals surface area contributed by atoms with Gasteiger partial charge in [0.1, 0.15) is 0 Å². The second kappa shape index (κ2) is 7.77. The molecule has 1 unspecified atom stereocenters. The number of nitrogens with two attached hydrogens (primary N) is 1. The number of benzene rings is 1. The molecule has 1 rings (SSSR count). The summed E-state index contributed by atoms with van der Waals surface area (Å²) in [7, 11) is 1.74. The monoisotopic (exact) mass is 314 g/mol. The first-order valence-corrected chi connectivity index (χ1v) is 7.15. The molecule has 0 radical (unpaired) electrons. The minimum atomic E-state index is 0.536. The van der Waals surface area contributed by atoms with Crippen LogP contribution in [0.3, 0.4) is 0 Å². The van der Waals surface area contributed by atoms with E-state index in [-0.39, 0.29) is 0 Å². The van der Waals surface area contributed by atoms with E-state index in [0.717, 1.165) is 36.3 Å². The molecule has 18 heavy (non-hydrogen) atoms. The molecule has 0 bridgehead atoms. The Hall–Kier alpha value is -0.580. The Bertz CT molecular complexity index is 371. The highest BCUT2D eigenvalue weighted by atomic mass is 79.9. The maximum atomic E-state index is 5.92. The van der Waals surface area contributed by atoms with Gasteiger partial charge in [-0.05, 0) is 40.9 Å². The topological polar surface area (TPSA) is 38.5 Å². The van der Waals surface area contributed by atoms with E-state index < -0.39 is 0 Å². The maximum Gasteiger partial charge on any atom is 0.0589 e. The van der Waals surface area contributed by atoms with E-state index in [0.29, 0.717) is 6.04 Å². The Morgan fingerprint density at radius 1 is 1.44 bits per heavy atom. The third kappa shape index (κ3) is 4.26. The first-order chi connectivity index (χ1) is 8.60. The molecule has 2 N–H and O–H groups in total. The van der Waals surface area contributed by atoms with Gasteiger partial charge in [0.2, 0.25) is 0 Å². The molecule has 1 aromatic carbocycles. The quantitative estimate of drug-likeness (QED) is 0.785. The van der Waals surface area contributed by atoms with E-state index in [4.69, 9.17) is 10.5 Å². The predicted molar refractivity (Wildman–Crippen MR) is 80.6 cm³/mol. The molecule has 0 aliphatic heterocycles. The van der Waals surface area contributed by atoms with Crippen molar-refractivity contribution in [2.75, 3.05) is 26.0 Å². The summed E-state index contributed by atoms with van der Waals surface area (Å²) in [5.74, 6) is 0. The van der Waals surface area contributed by atoms with Gasteiger partial charge in [-0.15, -0.1) is 0 Å². The van der Waals surface area contributed by atoms with Crippen molar-refractivity contribution < 1.29 is 4.74 Å². The van der Waals surface area contributed by atoms with Gasteiger partial charge in [-0.1, -0.05) is 19.1 Å². The average molecular weight is 315 g/mol. The highest BCUT2D eigenvalue weighted by Crippen LogP contribution is 2.25. The van der Waals surface area contributed by atoms with Gasteiger partial charge in [0.15, 0.2) is 0 Å². The fourth-order valence-electron chi connectivity index (χ4n) is 1.86. The van der Waals surface area contributed by atoms with Crippen molar-refractivity contribution in [2.24, 2.45) is 0 Å². The number of nitrogen functional groups attached to an aromatic ring is 1. The molecule has 0 aliphatic carbocycles. The predicted octanol–water partition coefficient (Wildman–Crippen LogP) is 3.28. The summed E-state index contributed by atoms with van der Waals surface area (Å²) in [6, 6.07) is 6.56. The fraction of sp³-hybridized carbons (Fsp3) is 0.571. The van der Waals surface area contributed by atoms with E-state index in [1.165, 1.54) is 5.56 Å². The highest BCUT2D eigenvalue weighted by Gasteiger charge is 2.14. The summed E-state index contributed by atoms with van der Waals surface area (Å²) in [6.45, 7) is 7.04. The van der Waals surface area contributed by atoms with Gasteiger partial charge in [-0.3, -0.25) is 4.90 Å². The van der Waals surface area contributed by atoms with E-state index >= 15 is 0 Å². The van der Waals surface area contributed by atoms with Crippen LogP contribution in [-0.4, -0.2) is 31.2 Å². The Labute approximate surface area is 118 Å². The lowest BCUT2D eigenvalue weighted by molar-refractivity contribution is 0.118. The van der Waals surface area contributed by atoms with Crippen LogP contribution in [0.5, 0.6) is 0 Å². The zero-order valence-electron chi connectivity index (χ0n) is 11.4. The number of hydrogen-bond donors (Lipinski definition) is 1. The SMILES string of the molecule is CCC(C)N(CCOC)Cc1cccc(N)c1Br. The summed E-state index contributed by atoms with van der Waals surface area (Å²) in [5.41, 5.74) is 7.94. The summed E-state index contributed by atoms with van der Waals surface area (Å²) < 4.78 is 6.19. The second-order valence-electron chi connectivity index (χ2n) is 4.54. The van der Waals surface area contributed by atoms with Gasteiger partial charge in [0.25, 0.3) is 0 Å². The number of anilines is 1. The Morgan fingerprint density at radius 2 is 2.17 bits per heavy atom. The molecule has 0 saturated carbocycles. The zero-order valence-corrected chi connectivity index (χ0v) is 13.0. The van der Waals surface area contributed by atoms with Crippen molar-refractivity contribution >= 4 is 21.6 Å². The van der Waals surface area contributed by atoms with E-state index in [1.54, 1.807) is 7.11 Å². The van der Waals surface area contributed by atoms with Crippen molar-refractivity contribution in [3.8, 4) is 0 Å². The van der Waals surface area contributed by atoms with Gasteiger partial charge >= 0.3 is 0 Å². The van der Waals surface area contributed by atoms with Gasteiger partial charge in [-0.25, -0.2) is 0 Å². The molecule has 4 heteroatoms. The molecule has 0 amide bonds. The van der Waals surface area contributed by atoms with E-state index in [2.05, 4.69) is 40.7 Å². The van der Waals surface area contributed by atoms with Crippen molar-refractivity contribution in [3.05, 3.63) is 28.2 Å². The van der Waals surface area contributed by atoms with Crippen molar-refractivity contribution in [3.63, 3.8) is 0 Å². The summed E-state index contributed by atoms with van der Waals surface area (Å²) in [6.07, 6.45) is 1.13. The number of halogens is 1. The molecule has 0 spiro atoms. The number of rotatable bonds is 7. The van der Waals surface area contributed by atoms with Crippen LogP contribution in [0.25, 0.3) is 0 Å². The standard InChI is InChI=1S/C14H23BrN2O/c1-4-11(2)17(8-9-18-3)10-12-6-5-7-13(16)14(12)15/h5-7,11H,4,8-10,16H2,1-3H3. The van der Waals surface area contributed by atoms with Crippen molar-refractivity contribution in [1.82, 2.24) is 4.90 Å². The molecule has 0 aromatic heterocycles. The second-order valence-corrected chi connectivity index (χ2v) is 5.33. The van der Waals surface area contributed by atoms with Crippen LogP contribution in [0.4, 0.5) is 5.69 Å². The molecule has 0 fully saturated rings. The Kier molecular flexibility index (Phi) is 6.68. The first-order valence-electron chi connectivity index (χ1n) is 6.36. The summed E-state index contributed by atoms with van der Waals surface area (Å²) in [4.78, 5) is 2.42. The maximum absolute atomic E-state index is 5.92. The largest absolute Gasteiger partial charge is 0.398 e. The van der Waals surface area contributed by atoms with Crippen LogP contribution in [0, 0.1) is 0 Å². The van der Waals surface area contributed by atoms with Crippen LogP contribution >= 0.6 is 15.9 Å². The van der Waals surface area contributed by atoms with Crippen LogP contribution in [0.1, 0.15) is 25.8 Å². The number of hydrogen-bond acceptors (Lipinski definition) is 3. The average Bonchev–Trinajstić information content (AvgIpc) is 2.38. The molecule has 3 nitrogen and oxygen atoms in total. The third-order valence-corrected chi connectivity index (χ3v) is 4.25. The minimum absolute atomic E-state index is 0.536. The first kappa shape index (κ1) is 15.5. The van der Waals surface area contributed by atoms with Gasteiger partial charge < -0.3 is 10.5 Å². The number of nitrogens with zero attached hydrogens (tertiary/aromatic N) is 1. The zero-order chi connectivity index (χ0) is 13.5. The van der Waals surface area contributed by atoms with Crippen LogP contribution < -0.4 is 5.73 Å². The van der Waals surface area contributed by atoms with Gasteiger partial charge in [0, 0.05) is 36.4 Å². The molecule has 1 atom stereocenters. The van der Waals surface area contributed by atoms with Crippen molar-refractivity contribution in [2.45, 2.75) is 32.9 Å². The normalized spacial score (nSPS) is 12.9. The molecule has 1 aromatic rings. The van der Waals surface area contributed by atoms with Gasteiger partial charge in [0.05, 0.1) is 6.61 Å². The minimum Gasteiger partial charge on any atom is -0.398 e. The molecule has 0 aliphatic rings. The van der Waals surface area contributed by atoms with Crippen LogP contribution in [0.15, 0.2) is 22.7 Å². The molecule has 102 valence electrons. The molecular weight excluding hydrogens is 292 g/mol. The molecule has 0 heterocycles. The lowest BCUT2D eigenvalue weighted by Crippen LogP contribution is -2.35. The Morgan fingerprint density at radius 3 is 2.78 bits per heavy atom. The van der Waals surface area contributed by atoms with Crippen LogP contribution in [-0.2, 0) is 11.3 Å². The highest BCUT2D eigenvalue weighted by molar-refractivity contribution is 9.10. The smallest absolute Gasteiger partial charge is 0.0589 e. The molecule has 0 saturated heterocycles. The lowest BCUT2D eigenvalue weighted by atomic mass is 10.1. The van der Waals surface area contributed by atoms with E-state index in [1.807, 2.05) is 12.1 Å². The third-order valence-electron chi connectivity index (χ3n) is 3.28. The lowest BCUT2D eigenvalue weighted by Gasteiger charge is -2.28. The summed E-state index contributed by atoms with van der Waals surface area (Å²) in [5, 5.41) is 0. The number of methoxy groups -OCH3 is 1. The fourth-order valence-corrected chi connectivity index (χ4v) is 2.25. The van der Waals surface area contributed by atoms with Crippen molar-refractivity contribution in [1.29, 1.82) is 0 Å². The summed E-state index contributed by atoms with van der Waals surface area (Å²) >= 11 is 3.56.